The molecule has 1 N–H and O–H groups in total. The van der Waals surface area contributed by atoms with Gasteiger partial charge in [0.05, 0.1) is 16.5 Å². The molecule has 0 saturated heterocycles. The van der Waals surface area contributed by atoms with E-state index < -0.39 is 0 Å². The summed E-state index contributed by atoms with van der Waals surface area (Å²) in [5, 5.41) is 16.3. The van der Waals surface area contributed by atoms with Gasteiger partial charge in [-0.05, 0) is 42.3 Å². The molecule has 0 saturated carbocycles. The van der Waals surface area contributed by atoms with Crippen LogP contribution in [0.25, 0.3) is 17.1 Å². The van der Waals surface area contributed by atoms with Crippen LogP contribution in [0.15, 0.2) is 83.3 Å². The first-order valence-corrected chi connectivity index (χ1v) is 14.0. The number of aryl methyl sites for hydroxylation is 1. The monoisotopic (exact) mass is 565 g/mol. The van der Waals surface area contributed by atoms with Crippen LogP contribution in [-0.2, 0) is 12.3 Å². The van der Waals surface area contributed by atoms with Crippen molar-refractivity contribution in [3.05, 3.63) is 110 Å². The van der Waals surface area contributed by atoms with Gasteiger partial charge in [0, 0.05) is 22.5 Å². The van der Waals surface area contributed by atoms with Crippen molar-refractivity contribution in [2.45, 2.75) is 24.4 Å². The zero-order valence-electron chi connectivity index (χ0n) is 19.7. The predicted molar refractivity (Wildman–Crippen MR) is 151 cm³/mol. The first-order valence-electron chi connectivity index (χ1n) is 11.4. The number of rotatable bonds is 8. The third-order valence-corrected chi connectivity index (χ3v) is 8.10. The largest absolute Gasteiger partial charge is 0.347 e. The van der Waals surface area contributed by atoms with E-state index in [1.165, 1.54) is 23.1 Å². The smallest absolute Gasteiger partial charge is 0.271 e. The Balaban J connectivity index is 1.37. The van der Waals surface area contributed by atoms with Crippen LogP contribution in [0.2, 0.25) is 10.0 Å². The summed E-state index contributed by atoms with van der Waals surface area (Å²) in [5.74, 6) is 0.949. The zero-order valence-corrected chi connectivity index (χ0v) is 22.8. The molecule has 0 radical (unpaired) electrons. The fourth-order valence-electron chi connectivity index (χ4n) is 3.70. The summed E-state index contributed by atoms with van der Waals surface area (Å²) in [6, 6.07) is 23.0. The number of thioether (sulfide) groups is 1. The molecule has 3 aromatic carbocycles. The maximum Gasteiger partial charge on any atom is 0.271 e. The van der Waals surface area contributed by atoms with E-state index in [-0.39, 0.29) is 5.91 Å². The second-order valence-corrected chi connectivity index (χ2v) is 10.9. The van der Waals surface area contributed by atoms with Crippen molar-refractivity contribution in [1.82, 2.24) is 25.1 Å². The Hall–Kier alpha value is -3.17. The van der Waals surface area contributed by atoms with Gasteiger partial charge in [-0.25, -0.2) is 4.98 Å². The first kappa shape index (κ1) is 25.5. The molecule has 6 nitrogen and oxygen atoms in total. The van der Waals surface area contributed by atoms with Gasteiger partial charge in [-0.2, -0.15) is 0 Å². The molecule has 0 aliphatic rings. The first-order chi connectivity index (χ1) is 18.0. The maximum absolute atomic E-state index is 12.6. The van der Waals surface area contributed by atoms with Crippen LogP contribution < -0.4 is 5.32 Å². The Morgan fingerprint density at radius 3 is 2.62 bits per heavy atom. The minimum Gasteiger partial charge on any atom is -0.347 e. The number of halogens is 2. The lowest BCUT2D eigenvalue weighted by atomic mass is 10.1. The number of aromatic nitrogens is 4. The molecular formula is C27H21Cl2N5OS2. The molecule has 0 unspecified atom stereocenters. The van der Waals surface area contributed by atoms with E-state index in [4.69, 9.17) is 23.2 Å². The van der Waals surface area contributed by atoms with Crippen molar-refractivity contribution in [2.24, 2.45) is 0 Å². The number of nitrogens with zero attached hydrogens (tertiary/aromatic N) is 4. The normalized spacial score (nSPS) is 11.0. The average Bonchev–Trinajstić information content (AvgIpc) is 3.56. The van der Waals surface area contributed by atoms with Gasteiger partial charge < -0.3 is 5.32 Å². The Labute approximate surface area is 232 Å². The van der Waals surface area contributed by atoms with Crippen molar-refractivity contribution in [3.63, 3.8) is 0 Å². The molecule has 0 bridgehead atoms. The van der Waals surface area contributed by atoms with Crippen LogP contribution in [0.4, 0.5) is 0 Å². The number of thiazole rings is 1. The highest BCUT2D eigenvalue weighted by molar-refractivity contribution is 7.98. The Morgan fingerprint density at radius 1 is 1.03 bits per heavy atom. The standard InChI is InChI=1S/C27H21Cl2N5OS2/c1-17-11-12-19(28)13-23(17)34-25(20-9-5-6-10-21(20)29)32-33-27(34)37-16-24-31-22(15-36-24)26(35)30-14-18-7-3-2-4-8-18/h2-13,15H,14,16H2,1H3,(H,30,35). The van der Waals surface area contributed by atoms with Crippen molar-refractivity contribution in [2.75, 3.05) is 0 Å². The average molecular weight is 567 g/mol. The minimum atomic E-state index is -0.199. The Bertz CT molecular complexity index is 1550. The van der Waals surface area contributed by atoms with Crippen LogP contribution in [0.1, 0.15) is 26.6 Å². The minimum absolute atomic E-state index is 0.199. The van der Waals surface area contributed by atoms with Gasteiger partial charge in [0.2, 0.25) is 0 Å². The third-order valence-electron chi connectivity index (χ3n) is 5.57. The second-order valence-electron chi connectivity index (χ2n) is 8.14. The van der Waals surface area contributed by atoms with E-state index in [9.17, 15) is 4.79 Å². The highest BCUT2D eigenvalue weighted by Gasteiger charge is 2.20. The highest BCUT2D eigenvalue weighted by atomic mass is 35.5. The molecule has 2 aromatic heterocycles. The molecule has 5 aromatic rings. The second kappa shape index (κ2) is 11.5. The SMILES string of the molecule is Cc1ccc(Cl)cc1-n1c(SCc2nc(C(=O)NCc3ccccc3)cs2)nnc1-c1ccccc1Cl. The van der Waals surface area contributed by atoms with Crippen LogP contribution in [-0.4, -0.2) is 25.7 Å². The van der Waals surface area contributed by atoms with Crippen molar-refractivity contribution in [3.8, 4) is 17.1 Å². The molecule has 10 heteroatoms. The van der Waals surface area contributed by atoms with Crippen LogP contribution in [0, 0.1) is 6.92 Å². The van der Waals surface area contributed by atoms with E-state index in [0.717, 1.165) is 27.4 Å². The van der Waals surface area contributed by atoms with Crippen molar-refractivity contribution in [1.29, 1.82) is 0 Å². The maximum atomic E-state index is 12.6. The number of nitrogens with one attached hydrogen (secondary N) is 1. The van der Waals surface area contributed by atoms with Gasteiger partial charge in [-0.1, -0.05) is 83.5 Å². The lowest BCUT2D eigenvalue weighted by molar-refractivity contribution is 0.0946. The van der Waals surface area contributed by atoms with E-state index in [2.05, 4.69) is 20.5 Å². The summed E-state index contributed by atoms with van der Waals surface area (Å²) >= 11 is 15.8. The summed E-state index contributed by atoms with van der Waals surface area (Å²) in [5.41, 5.74) is 4.10. The Morgan fingerprint density at radius 2 is 1.81 bits per heavy atom. The van der Waals surface area contributed by atoms with Gasteiger partial charge in [0.15, 0.2) is 11.0 Å². The number of hydrogen-bond donors (Lipinski definition) is 1. The number of hydrogen-bond acceptors (Lipinski definition) is 6. The van der Waals surface area contributed by atoms with Gasteiger partial charge in [0.1, 0.15) is 10.7 Å². The number of amides is 1. The van der Waals surface area contributed by atoms with E-state index >= 15 is 0 Å². The predicted octanol–water partition coefficient (Wildman–Crippen LogP) is 7.23. The molecule has 1 amide bonds. The van der Waals surface area contributed by atoms with E-state index in [1.807, 2.05) is 84.3 Å². The Kier molecular flexibility index (Phi) is 7.90. The molecular weight excluding hydrogens is 545 g/mol. The summed E-state index contributed by atoms with van der Waals surface area (Å²) in [7, 11) is 0. The van der Waals surface area contributed by atoms with Gasteiger partial charge >= 0.3 is 0 Å². The van der Waals surface area contributed by atoms with Gasteiger partial charge in [-0.3, -0.25) is 9.36 Å². The molecule has 37 heavy (non-hydrogen) atoms. The molecule has 0 aliphatic heterocycles. The van der Waals surface area contributed by atoms with Gasteiger partial charge in [0.25, 0.3) is 5.91 Å². The summed E-state index contributed by atoms with van der Waals surface area (Å²) in [6.45, 7) is 2.46. The fourth-order valence-corrected chi connectivity index (χ4v) is 5.82. The van der Waals surface area contributed by atoms with Crippen LogP contribution in [0.5, 0.6) is 0 Å². The third kappa shape index (κ3) is 5.88. The quantitative estimate of drug-likeness (QED) is 0.201. The van der Waals surface area contributed by atoms with Crippen LogP contribution >= 0.6 is 46.3 Å². The van der Waals surface area contributed by atoms with Gasteiger partial charge in [-0.15, -0.1) is 21.5 Å². The molecule has 186 valence electrons. The number of carbonyl (C=O) groups is 1. The molecule has 0 atom stereocenters. The van der Waals surface area contributed by atoms with E-state index in [1.54, 1.807) is 5.38 Å². The van der Waals surface area contributed by atoms with E-state index in [0.29, 0.717) is 39.0 Å². The highest BCUT2D eigenvalue weighted by Crippen LogP contribution is 2.35. The zero-order chi connectivity index (χ0) is 25.8. The summed E-state index contributed by atoms with van der Waals surface area (Å²) < 4.78 is 1.97. The number of benzene rings is 3. The topological polar surface area (TPSA) is 72.7 Å². The molecule has 2 heterocycles. The molecule has 0 aliphatic carbocycles. The molecule has 0 spiro atoms. The molecule has 5 rings (SSSR count). The summed E-state index contributed by atoms with van der Waals surface area (Å²) in [6.07, 6.45) is 0. The van der Waals surface area contributed by atoms with Crippen LogP contribution in [0.3, 0.4) is 0 Å². The number of carbonyl (C=O) groups excluding carboxylic acids is 1. The lowest BCUT2D eigenvalue weighted by Crippen LogP contribution is -2.23. The summed E-state index contributed by atoms with van der Waals surface area (Å²) in [4.78, 5) is 17.1. The fraction of sp³-hybridized carbons (Fsp3) is 0.111. The lowest BCUT2D eigenvalue weighted by Gasteiger charge is -2.14. The van der Waals surface area contributed by atoms with Crippen molar-refractivity contribution >= 4 is 52.2 Å². The molecule has 0 fully saturated rings. The van der Waals surface area contributed by atoms with Crippen molar-refractivity contribution < 1.29 is 4.79 Å².